The molecule has 0 amide bonds. The summed E-state index contributed by atoms with van der Waals surface area (Å²) < 4.78 is 20.3. The molecule has 6 aromatic heterocycles. The molecule has 10 N–H and O–H groups in total. The predicted molar refractivity (Wildman–Crippen MR) is 360 cm³/mol. The first-order chi connectivity index (χ1) is 44.8. The van der Waals surface area contributed by atoms with E-state index < -0.39 is 67.4 Å². The maximum Gasteiger partial charge on any atom is 0.305 e. The van der Waals surface area contributed by atoms with Gasteiger partial charge in [-0.05, 0) is 202 Å². The van der Waals surface area contributed by atoms with Crippen molar-refractivity contribution in [3.8, 4) is 0 Å². The Bertz CT molecular complexity index is 4590. The molecule has 4 aliphatic rings. The molecule has 94 heavy (non-hydrogen) atoms. The SMILES string of the molecule is COC(=O)CCC1=C(C)c2cc3[nH]c(cc4[nH]c(cc5nc(cc1n2)C(CCC(=O)OC)=C5C)c(C(O)C(O)C(C)c1c(C)c2cc5nc(cc6nc(cc7[nH]c(cc1[nH]2)c(C)c7CCC(=O)OC)C(CCC(=O)OC)=C6C)C(C)=C5C(O)CO)c4C)c(C(O)CO)c3C. The van der Waals surface area contributed by atoms with Crippen LogP contribution in [0.4, 0.5) is 0 Å². The molecule has 16 bridgehead atoms. The number of hydrogen-bond donors (Lipinski definition) is 10. The van der Waals surface area contributed by atoms with Crippen molar-refractivity contribution in [3.63, 3.8) is 0 Å². The number of carbonyl (C=O) groups excluding carboxylic acids is 4. The van der Waals surface area contributed by atoms with Crippen molar-refractivity contribution in [2.24, 2.45) is 0 Å². The minimum atomic E-state index is -1.62. The first-order valence-electron chi connectivity index (χ1n) is 31.4. The van der Waals surface area contributed by atoms with E-state index >= 15 is 0 Å². The number of esters is 4. The molecule has 10 heterocycles. The fourth-order valence-corrected chi connectivity index (χ4v) is 13.5. The normalized spacial score (nSPS) is 15.0. The van der Waals surface area contributed by atoms with Crippen LogP contribution in [0.2, 0.25) is 0 Å². The Kier molecular flexibility index (Phi) is 20.0. The van der Waals surface area contributed by atoms with E-state index in [0.717, 1.165) is 44.6 Å². The molecule has 22 heteroatoms. The van der Waals surface area contributed by atoms with Crippen LogP contribution in [0.5, 0.6) is 0 Å². The summed E-state index contributed by atoms with van der Waals surface area (Å²) in [6.45, 7) is 15.6. The number of ether oxygens (including phenoxy) is 4. The number of rotatable bonds is 20. The molecular weight excluding hydrogens is 1200 g/mol. The zero-order valence-electron chi connectivity index (χ0n) is 55.3. The van der Waals surface area contributed by atoms with E-state index in [1.54, 1.807) is 18.2 Å². The summed E-state index contributed by atoms with van der Waals surface area (Å²) >= 11 is 0. The molecule has 5 atom stereocenters. The van der Waals surface area contributed by atoms with Gasteiger partial charge in [0.15, 0.2) is 0 Å². The Morgan fingerprint density at radius 1 is 0.394 bits per heavy atom. The van der Waals surface area contributed by atoms with Crippen LogP contribution in [0.3, 0.4) is 0 Å². The minimum absolute atomic E-state index is 0.0363. The maximum absolute atomic E-state index is 13.2. The Balaban J connectivity index is 1.22. The summed E-state index contributed by atoms with van der Waals surface area (Å²) in [4.78, 5) is 85.7. The predicted octanol–water partition coefficient (Wildman–Crippen LogP) is 10.4. The van der Waals surface area contributed by atoms with Crippen molar-refractivity contribution >= 4 is 113 Å². The molecule has 0 saturated heterocycles. The van der Waals surface area contributed by atoms with Crippen LogP contribution in [0.25, 0.3) is 88.7 Å². The second-order valence-corrected chi connectivity index (χ2v) is 24.5. The number of carbonyl (C=O) groups is 4. The number of aliphatic hydroxyl groups excluding tert-OH is 6. The van der Waals surface area contributed by atoms with Crippen LogP contribution in [-0.4, -0.2) is 148 Å². The van der Waals surface area contributed by atoms with Crippen LogP contribution in [0, 0.1) is 27.7 Å². The van der Waals surface area contributed by atoms with Crippen LogP contribution in [0.1, 0.15) is 188 Å². The molecule has 0 aliphatic carbocycles. The topological polar surface area (TPSA) is 341 Å². The average molecular weight is 1280 g/mol. The Labute approximate surface area is 543 Å². The molecule has 10 rings (SSSR count). The van der Waals surface area contributed by atoms with Crippen LogP contribution >= 0.6 is 0 Å². The lowest BCUT2D eigenvalue weighted by molar-refractivity contribution is -0.141. The highest BCUT2D eigenvalue weighted by Crippen LogP contribution is 2.44. The molecule has 22 nitrogen and oxygen atoms in total. The lowest BCUT2D eigenvalue weighted by atomic mass is 9.86. The standard InChI is InChI=1S/C72H82N8O14/c1-32-41(14-18-63(85)91-10)53-28-55-43(16-20-65(87)93-12)34(3)47(75-55)24-57-67(36(5)51(77-57)26-58-68(61(83)30-81)37(6)49(78-58)22-45(32)73-53)40(9)71(89)72(90)70-39(8)52-27-59-69(62(84)31-82)38(7)50(79-59)23-46-33(2)42(15-19-64(86)92-11)54(74-46)29-56-44(17-21-66(88)94-13)35(4)48(76-56)25-60(70)80-52/h22-29,40,61-62,71-72,75,77,79-84,89-90H,14-21,30-31H2,1-13H3. The zero-order valence-corrected chi connectivity index (χ0v) is 55.3. The first-order valence-corrected chi connectivity index (χ1v) is 31.4. The molecule has 0 aromatic carbocycles. The smallest absolute Gasteiger partial charge is 0.305 e. The summed E-state index contributed by atoms with van der Waals surface area (Å²) in [5.74, 6) is -2.50. The number of nitrogens with zero attached hydrogens (tertiary/aromatic N) is 4. The van der Waals surface area contributed by atoms with E-state index in [1.165, 1.54) is 28.4 Å². The van der Waals surface area contributed by atoms with Crippen molar-refractivity contribution in [1.82, 2.24) is 39.9 Å². The van der Waals surface area contributed by atoms with Crippen molar-refractivity contribution in [2.45, 2.75) is 144 Å². The Hall–Kier alpha value is -9.16. The van der Waals surface area contributed by atoms with Gasteiger partial charge in [-0.3, -0.25) is 19.2 Å². The molecule has 4 aliphatic heterocycles. The van der Waals surface area contributed by atoms with Gasteiger partial charge in [0.25, 0.3) is 0 Å². The van der Waals surface area contributed by atoms with E-state index in [1.807, 2.05) is 92.6 Å². The molecule has 0 radical (unpaired) electrons. The number of aromatic amines is 4. The fraction of sp³-hybridized carbons (Fsp3) is 0.389. The summed E-state index contributed by atoms with van der Waals surface area (Å²) in [5.41, 5.74) is 18.8. The van der Waals surface area contributed by atoms with Gasteiger partial charge in [-0.25, -0.2) is 19.9 Å². The van der Waals surface area contributed by atoms with Crippen LogP contribution < -0.4 is 0 Å². The number of methoxy groups -OCH3 is 4. The third-order valence-electron chi connectivity index (χ3n) is 19.1. The maximum atomic E-state index is 13.2. The second-order valence-electron chi connectivity index (χ2n) is 24.5. The highest BCUT2D eigenvalue weighted by Gasteiger charge is 2.34. The van der Waals surface area contributed by atoms with Gasteiger partial charge in [-0.2, -0.15) is 0 Å². The number of aliphatic hydroxyl groups is 6. The largest absolute Gasteiger partial charge is 0.469 e. The molecule has 0 fully saturated rings. The van der Waals surface area contributed by atoms with Gasteiger partial charge in [0.1, 0.15) is 18.3 Å². The lowest BCUT2D eigenvalue weighted by Gasteiger charge is -2.25. The molecule has 6 aromatic rings. The first kappa shape index (κ1) is 67.7. The van der Waals surface area contributed by atoms with Gasteiger partial charge in [-0.1, -0.05) is 6.92 Å². The van der Waals surface area contributed by atoms with Crippen molar-refractivity contribution in [2.75, 3.05) is 41.7 Å². The Morgan fingerprint density at radius 2 is 0.734 bits per heavy atom. The third-order valence-corrected chi connectivity index (χ3v) is 19.1. The summed E-state index contributed by atoms with van der Waals surface area (Å²) in [6, 6.07) is 14.7. The number of hydrogen-bond acceptors (Lipinski definition) is 18. The number of aromatic nitrogens is 8. The van der Waals surface area contributed by atoms with E-state index in [9.17, 15) is 49.8 Å². The third kappa shape index (κ3) is 13.0. The second kappa shape index (κ2) is 27.8. The van der Waals surface area contributed by atoms with E-state index in [2.05, 4.69) is 19.9 Å². The molecule has 5 unspecified atom stereocenters. The quantitative estimate of drug-likeness (QED) is 0.0251. The number of allylic oxidation sites excluding steroid dienone is 7. The van der Waals surface area contributed by atoms with Crippen molar-refractivity contribution < 1.29 is 68.8 Å². The van der Waals surface area contributed by atoms with Gasteiger partial charge < -0.3 is 69.5 Å². The molecular formula is C72H82N8O14. The van der Waals surface area contributed by atoms with Gasteiger partial charge in [0.2, 0.25) is 0 Å². The number of nitrogens with one attached hydrogen (secondary N) is 4. The summed E-state index contributed by atoms with van der Waals surface area (Å²) in [6.07, 6.45) is -4.45. The average Bonchev–Trinajstić information content (AvgIpc) is 1.61. The van der Waals surface area contributed by atoms with Crippen LogP contribution in [-0.2, 0) is 44.5 Å². The summed E-state index contributed by atoms with van der Waals surface area (Å²) in [5, 5.41) is 70.3. The highest BCUT2D eigenvalue weighted by molar-refractivity contribution is 5.99. The van der Waals surface area contributed by atoms with Gasteiger partial charge in [-0.15, -0.1) is 0 Å². The van der Waals surface area contributed by atoms with Gasteiger partial charge >= 0.3 is 23.9 Å². The van der Waals surface area contributed by atoms with E-state index in [4.69, 9.17) is 38.9 Å². The van der Waals surface area contributed by atoms with Crippen molar-refractivity contribution in [1.29, 1.82) is 0 Å². The molecule has 0 spiro atoms. The van der Waals surface area contributed by atoms with E-state index in [0.29, 0.717) is 141 Å². The molecule has 0 saturated carbocycles. The lowest BCUT2D eigenvalue weighted by Crippen LogP contribution is -2.25. The van der Waals surface area contributed by atoms with Gasteiger partial charge in [0.05, 0.1) is 93.3 Å². The van der Waals surface area contributed by atoms with Gasteiger partial charge in [0, 0.05) is 92.4 Å². The number of aryl methyl sites for hydroxylation is 5. The Morgan fingerprint density at radius 3 is 1.22 bits per heavy atom. The monoisotopic (exact) mass is 1280 g/mol. The molecule has 494 valence electrons. The van der Waals surface area contributed by atoms with Crippen molar-refractivity contribution in [3.05, 3.63) is 139 Å². The summed E-state index contributed by atoms with van der Waals surface area (Å²) in [7, 11) is 5.34. The minimum Gasteiger partial charge on any atom is -0.469 e. The van der Waals surface area contributed by atoms with E-state index in [-0.39, 0.29) is 44.9 Å². The highest BCUT2D eigenvalue weighted by atomic mass is 16.5. The number of H-pyrrole nitrogens is 4. The van der Waals surface area contributed by atoms with Crippen LogP contribution in [0.15, 0.2) is 48.5 Å². The fourth-order valence-electron chi connectivity index (χ4n) is 13.5. The number of fused-ring (bicyclic) bond motifs is 16. The zero-order chi connectivity index (χ0) is 67.9.